The van der Waals surface area contributed by atoms with Gasteiger partial charge in [-0.3, -0.25) is 4.79 Å². The predicted molar refractivity (Wildman–Crippen MR) is 80.0 cm³/mol. The first-order valence-electron chi connectivity index (χ1n) is 6.31. The average Bonchev–Trinajstić information content (AvgIpc) is 2.78. The van der Waals surface area contributed by atoms with Crippen molar-refractivity contribution in [3.05, 3.63) is 59.2 Å². The third kappa shape index (κ3) is 2.38. The molecule has 2 N–H and O–H groups in total. The maximum absolute atomic E-state index is 10.8. The third-order valence-corrected chi connectivity index (χ3v) is 4.45. The zero-order valence-electron chi connectivity index (χ0n) is 10.6. The van der Waals surface area contributed by atoms with Gasteiger partial charge in [0.15, 0.2) is 0 Å². The summed E-state index contributed by atoms with van der Waals surface area (Å²) in [7, 11) is 0. The van der Waals surface area contributed by atoms with E-state index in [1.807, 2.05) is 0 Å². The van der Waals surface area contributed by atoms with Crippen molar-refractivity contribution in [2.45, 2.75) is 12.2 Å². The molecule has 0 spiro atoms. The molecule has 0 aliphatic heterocycles. The Morgan fingerprint density at radius 3 is 2.74 bits per heavy atom. The van der Waals surface area contributed by atoms with E-state index < -0.39 is 0 Å². The lowest BCUT2D eigenvalue weighted by atomic mass is 10.0. The van der Waals surface area contributed by atoms with Gasteiger partial charge in [0, 0.05) is 5.75 Å². The minimum absolute atomic E-state index is 0.249. The lowest BCUT2D eigenvalue weighted by Crippen LogP contribution is -2.13. The van der Waals surface area contributed by atoms with Gasteiger partial charge in [-0.1, -0.05) is 42.5 Å². The van der Waals surface area contributed by atoms with Gasteiger partial charge in [-0.25, -0.2) is 0 Å². The van der Waals surface area contributed by atoms with Gasteiger partial charge < -0.3 is 5.73 Å². The van der Waals surface area contributed by atoms with Gasteiger partial charge in [0.05, 0.1) is 5.75 Å². The van der Waals surface area contributed by atoms with E-state index in [9.17, 15) is 4.79 Å². The quantitative estimate of drug-likeness (QED) is 0.791. The van der Waals surface area contributed by atoms with Crippen LogP contribution in [0.4, 0.5) is 0 Å². The maximum Gasteiger partial charge on any atom is 0.227 e. The van der Waals surface area contributed by atoms with Crippen LogP contribution in [0.5, 0.6) is 0 Å². The summed E-state index contributed by atoms with van der Waals surface area (Å²) in [5, 5.41) is 0. The van der Waals surface area contributed by atoms with Crippen LogP contribution in [-0.2, 0) is 17.0 Å². The Hall–Kier alpha value is -1.74. The molecule has 2 aromatic rings. The number of rotatable bonds is 4. The second-order valence-electron chi connectivity index (χ2n) is 4.74. The molecule has 1 aliphatic rings. The molecule has 0 heterocycles. The predicted octanol–water partition coefficient (Wildman–Crippen LogP) is 2.98. The van der Waals surface area contributed by atoms with Crippen molar-refractivity contribution in [1.29, 1.82) is 0 Å². The summed E-state index contributed by atoms with van der Waals surface area (Å²) >= 11 is 1.58. The van der Waals surface area contributed by atoms with Gasteiger partial charge in [-0.2, -0.15) is 0 Å². The monoisotopic (exact) mass is 269 g/mol. The minimum atomic E-state index is -0.249. The van der Waals surface area contributed by atoms with E-state index in [-0.39, 0.29) is 5.91 Å². The van der Waals surface area contributed by atoms with E-state index in [0.29, 0.717) is 5.75 Å². The van der Waals surface area contributed by atoms with Gasteiger partial charge in [0.25, 0.3) is 0 Å². The molecule has 0 unspecified atom stereocenters. The van der Waals surface area contributed by atoms with Crippen LogP contribution in [0.15, 0.2) is 42.5 Å². The van der Waals surface area contributed by atoms with Gasteiger partial charge >= 0.3 is 0 Å². The smallest absolute Gasteiger partial charge is 0.227 e. The summed E-state index contributed by atoms with van der Waals surface area (Å²) in [5.41, 5.74) is 12.0. The van der Waals surface area contributed by atoms with Crippen molar-refractivity contribution < 1.29 is 4.79 Å². The van der Waals surface area contributed by atoms with Crippen LogP contribution in [0, 0.1) is 0 Å². The normalized spacial score (nSPS) is 12.0. The number of primary amides is 1. The summed E-state index contributed by atoms with van der Waals surface area (Å²) < 4.78 is 0. The molecule has 0 saturated carbocycles. The summed E-state index contributed by atoms with van der Waals surface area (Å²) in [5.74, 6) is 0.984. The number of nitrogens with two attached hydrogens (primary N) is 1. The number of fused-ring (bicyclic) bond motifs is 3. The van der Waals surface area contributed by atoms with E-state index in [4.69, 9.17) is 5.73 Å². The molecule has 3 heteroatoms. The number of amides is 1. The van der Waals surface area contributed by atoms with Gasteiger partial charge in [-0.05, 0) is 34.2 Å². The van der Waals surface area contributed by atoms with Crippen LogP contribution in [0.3, 0.4) is 0 Å². The van der Waals surface area contributed by atoms with E-state index in [2.05, 4.69) is 42.5 Å². The summed E-state index contributed by atoms with van der Waals surface area (Å²) in [6.07, 6.45) is 0.999. The second kappa shape index (κ2) is 5.10. The van der Waals surface area contributed by atoms with Crippen LogP contribution in [0.25, 0.3) is 11.1 Å². The fraction of sp³-hybridized carbons (Fsp3) is 0.188. The van der Waals surface area contributed by atoms with Crippen LogP contribution in [-0.4, -0.2) is 11.7 Å². The van der Waals surface area contributed by atoms with Crippen molar-refractivity contribution in [3.63, 3.8) is 0 Å². The van der Waals surface area contributed by atoms with Crippen LogP contribution < -0.4 is 5.73 Å². The zero-order valence-corrected chi connectivity index (χ0v) is 11.4. The zero-order chi connectivity index (χ0) is 13.2. The van der Waals surface area contributed by atoms with Crippen LogP contribution in [0.1, 0.15) is 16.7 Å². The highest BCUT2D eigenvalue weighted by atomic mass is 32.2. The molecule has 0 atom stereocenters. The topological polar surface area (TPSA) is 43.1 Å². The Labute approximate surface area is 117 Å². The first kappa shape index (κ1) is 12.3. The number of benzene rings is 2. The minimum Gasteiger partial charge on any atom is -0.369 e. The average molecular weight is 269 g/mol. The number of carbonyl (C=O) groups excluding carboxylic acids is 1. The lowest BCUT2D eigenvalue weighted by molar-refractivity contribution is -0.115. The molecule has 0 fully saturated rings. The molecular formula is C16H15NOS. The summed E-state index contributed by atoms with van der Waals surface area (Å²) in [6.45, 7) is 0. The first-order valence-corrected chi connectivity index (χ1v) is 7.46. The number of hydrogen-bond acceptors (Lipinski definition) is 2. The third-order valence-electron chi connectivity index (χ3n) is 3.45. The molecule has 0 aromatic heterocycles. The van der Waals surface area contributed by atoms with Gasteiger partial charge in [0.1, 0.15) is 0 Å². The Kier molecular flexibility index (Phi) is 3.30. The number of carbonyl (C=O) groups is 1. The van der Waals surface area contributed by atoms with Crippen molar-refractivity contribution in [2.75, 3.05) is 5.75 Å². The molecule has 0 bridgehead atoms. The second-order valence-corrected chi connectivity index (χ2v) is 5.72. The first-order chi connectivity index (χ1) is 9.25. The van der Waals surface area contributed by atoms with E-state index in [1.165, 1.54) is 27.8 Å². The maximum atomic E-state index is 10.8. The summed E-state index contributed by atoms with van der Waals surface area (Å²) in [6, 6.07) is 15.0. The SMILES string of the molecule is NC(=O)CSCc1cccc2c1Cc1ccccc1-2. The van der Waals surface area contributed by atoms with Crippen LogP contribution >= 0.6 is 11.8 Å². The standard InChI is InChI=1S/C16H15NOS/c17-16(18)10-19-9-12-5-3-7-14-13-6-2-1-4-11(13)8-15(12)14/h1-7H,8-10H2,(H2,17,18). The molecule has 3 rings (SSSR count). The van der Waals surface area contributed by atoms with Crippen molar-refractivity contribution >= 4 is 17.7 Å². The Balaban J connectivity index is 1.88. The summed E-state index contributed by atoms with van der Waals surface area (Å²) in [4.78, 5) is 10.8. The Morgan fingerprint density at radius 2 is 1.89 bits per heavy atom. The molecule has 1 aliphatic carbocycles. The van der Waals surface area contributed by atoms with E-state index in [0.717, 1.165) is 12.2 Å². The largest absolute Gasteiger partial charge is 0.369 e. The van der Waals surface area contributed by atoms with E-state index in [1.54, 1.807) is 11.8 Å². The molecule has 96 valence electrons. The number of thioether (sulfide) groups is 1. The highest BCUT2D eigenvalue weighted by Crippen LogP contribution is 2.38. The number of hydrogen-bond donors (Lipinski definition) is 1. The molecule has 2 aromatic carbocycles. The molecule has 19 heavy (non-hydrogen) atoms. The fourth-order valence-corrected chi connectivity index (χ4v) is 3.41. The molecule has 0 saturated heterocycles. The Morgan fingerprint density at radius 1 is 1.11 bits per heavy atom. The fourth-order valence-electron chi connectivity index (χ4n) is 2.62. The molecule has 2 nitrogen and oxygen atoms in total. The Bertz CT molecular complexity index is 636. The van der Waals surface area contributed by atoms with Crippen LogP contribution in [0.2, 0.25) is 0 Å². The van der Waals surface area contributed by atoms with Gasteiger partial charge in [-0.15, -0.1) is 11.8 Å². The van der Waals surface area contributed by atoms with Gasteiger partial charge in [0.2, 0.25) is 5.91 Å². The molecule has 0 radical (unpaired) electrons. The molecular weight excluding hydrogens is 254 g/mol. The van der Waals surface area contributed by atoms with Crippen molar-refractivity contribution in [1.82, 2.24) is 0 Å². The lowest BCUT2D eigenvalue weighted by Gasteiger charge is -2.07. The van der Waals surface area contributed by atoms with Crippen molar-refractivity contribution in [3.8, 4) is 11.1 Å². The van der Waals surface area contributed by atoms with E-state index >= 15 is 0 Å². The highest BCUT2D eigenvalue weighted by Gasteiger charge is 2.19. The highest BCUT2D eigenvalue weighted by molar-refractivity contribution is 7.99. The van der Waals surface area contributed by atoms with Crippen molar-refractivity contribution in [2.24, 2.45) is 5.73 Å². The molecule has 1 amide bonds.